The van der Waals surface area contributed by atoms with Crippen LogP contribution >= 0.6 is 0 Å². The van der Waals surface area contributed by atoms with Crippen LogP contribution in [0.3, 0.4) is 0 Å². The third kappa shape index (κ3) is 2.73. The molecule has 0 saturated carbocycles. The lowest BCUT2D eigenvalue weighted by Gasteiger charge is -2.32. The number of anilines is 1. The highest BCUT2D eigenvalue weighted by molar-refractivity contribution is 5.72. The van der Waals surface area contributed by atoms with Crippen molar-refractivity contribution in [1.82, 2.24) is 10.2 Å². The molecule has 4 heteroatoms. The lowest BCUT2D eigenvalue weighted by molar-refractivity contribution is 0.309. The Hall–Kier alpha value is -2.23. The summed E-state index contributed by atoms with van der Waals surface area (Å²) in [4.78, 5) is 2.12. The van der Waals surface area contributed by atoms with Gasteiger partial charge in [0, 0.05) is 43.2 Å². The molecule has 1 aromatic carbocycles. The number of halogens is 1. The zero-order chi connectivity index (χ0) is 16.3. The van der Waals surface area contributed by atoms with Crippen molar-refractivity contribution in [2.24, 2.45) is 0 Å². The van der Waals surface area contributed by atoms with Crippen LogP contribution in [0, 0.1) is 5.82 Å². The average Bonchev–Trinajstić information content (AvgIpc) is 2.86. The molecule has 1 heterocycles. The SMILES string of the molecule is C=CCCC(C(=C)NC)N1Cc2c(ccc(NC)c2F)C1=C. The van der Waals surface area contributed by atoms with Crippen LogP contribution in [0.1, 0.15) is 24.0 Å². The van der Waals surface area contributed by atoms with E-state index in [9.17, 15) is 4.39 Å². The summed E-state index contributed by atoms with van der Waals surface area (Å²) in [6.45, 7) is 12.5. The summed E-state index contributed by atoms with van der Waals surface area (Å²) in [5.41, 5.74) is 3.85. The van der Waals surface area contributed by atoms with E-state index in [2.05, 4.69) is 35.3 Å². The normalized spacial score (nSPS) is 14.5. The molecular weight excluding hydrogens is 277 g/mol. The van der Waals surface area contributed by atoms with Gasteiger partial charge < -0.3 is 15.5 Å². The number of nitrogens with one attached hydrogen (secondary N) is 2. The first kappa shape index (κ1) is 16.1. The summed E-state index contributed by atoms with van der Waals surface area (Å²) >= 11 is 0. The van der Waals surface area contributed by atoms with Gasteiger partial charge in [-0.3, -0.25) is 0 Å². The first-order valence-electron chi connectivity index (χ1n) is 7.47. The minimum Gasteiger partial charge on any atom is -0.390 e. The smallest absolute Gasteiger partial charge is 0.151 e. The van der Waals surface area contributed by atoms with Gasteiger partial charge in [-0.15, -0.1) is 6.58 Å². The number of hydrogen-bond acceptors (Lipinski definition) is 3. The van der Waals surface area contributed by atoms with Gasteiger partial charge >= 0.3 is 0 Å². The molecule has 0 spiro atoms. The summed E-state index contributed by atoms with van der Waals surface area (Å²) in [5.74, 6) is -0.193. The zero-order valence-electron chi connectivity index (χ0n) is 13.4. The molecule has 2 rings (SSSR count). The second kappa shape index (κ2) is 6.69. The molecular formula is C18H24FN3. The maximum Gasteiger partial charge on any atom is 0.151 e. The second-order valence-electron chi connectivity index (χ2n) is 5.43. The van der Waals surface area contributed by atoms with Crippen molar-refractivity contribution in [3.8, 4) is 0 Å². The van der Waals surface area contributed by atoms with Gasteiger partial charge in [-0.1, -0.05) is 25.3 Å². The molecule has 0 fully saturated rings. The van der Waals surface area contributed by atoms with Crippen molar-refractivity contribution in [2.45, 2.75) is 25.4 Å². The van der Waals surface area contributed by atoms with Crippen LogP contribution in [0.5, 0.6) is 0 Å². The van der Waals surface area contributed by atoms with Crippen LogP contribution in [0.15, 0.2) is 43.6 Å². The van der Waals surface area contributed by atoms with Crippen molar-refractivity contribution < 1.29 is 4.39 Å². The van der Waals surface area contributed by atoms with Crippen molar-refractivity contribution >= 4 is 11.4 Å². The highest BCUT2D eigenvalue weighted by Crippen LogP contribution is 2.38. The minimum absolute atomic E-state index is 0.0698. The fraction of sp³-hybridized carbons (Fsp3) is 0.333. The first-order chi connectivity index (χ1) is 10.5. The highest BCUT2D eigenvalue weighted by atomic mass is 19.1. The molecule has 2 N–H and O–H groups in total. The molecule has 3 nitrogen and oxygen atoms in total. The van der Waals surface area contributed by atoms with E-state index in [4.69, 9.17) is 0 Å². The summed E-state index contributed by atoms with van der Waals surface area (Å²) in [5, 5.41) is 6.00. The van der Waals surface area contributed by atoms with Gasteiger partial charge in [0.05, 0.1) is 11.7 Å². The van der Waals surface area contributed by atoms with Crippen LogP contribution in [0.25, 0.3) is 5.70 Å². The Balaban J connectivity index is 2.34. The van der Waals surface area contributed by atoms with Gasteiger partial charge in [0.1, 0.15) is 0 Å². The fourth-order valence-corrected chi connectivity index (χ4v) is 2.92. The number of benzene rings is 1. The lowest BCUT2D eigenvalue weighted by Crippen LogP contribution is -2.35. The van der Waals surface area contributed by atoms with Crippen LogP contribution in [-0.2, 0) is 6.54 Å². The van der Waals surface area contributed by atoms with E-state index in [1.54, 1.807) is 13.1 Å². The van der Waals surface area contributed by atoms with Crippen molar-refractivity contribution in [3.63, 3.8) is 0 Å². The molecule has 1 aliphatic rings. The largest absolute Gasteiger partial charge is 0.390 e. The molecule has 22 heavy (non-hydrogen) atoms. The Morgan fingerprint density at radius 1 is 1.45 bits per heavy atom. The molecule has 0 aromatic heterocycles. The molecule has 1 unspecified atom stereocenters. The number of rotatable bonds is 7. The van der Waals surface area contributed by atoms with E-state index >= 15 is 0 Å². The molecule has 1 atom stereocenters. The number of hydrogen-bond donors (Lipinski definition) is 2. The third-order valence-corrected chi connectivity index (χ3v) is 4.24. The molecule has 1 aliphatic heterocycles. The van der Waals surface area contributed by atoms with Crippen molar-refractivity contribution in [3.05, 3.63) is 60.6 Å². The van der Waals surface area contributed by atoms with E-state index in [1.807, 2.05) is 19.2 Å². The van der Waals surface area contributed by atoms with Crippen LogP contribution < -0.4 is 10.6 Å². The Bertz CT molecular complexity index is 607. The predicted molar refractivity (Wildman–Crippen MR) is 91.9 cm³/mol. The summed E-state index contributed by atoms with van der Waals surface area (Å²) < 4.78 is 14.5. The first-order valence-corrected chi connectivity index (χ1v) is 7.47. The number of allylic oxidation sites excluding steroid dienone is 1. The van der Waals surface area contributed by atoms with E-state index in [0.29, 0.717) is 17.8 Å². The fourth-order valence-electron chi connectivity index (χ4n) is 2.92. The molecule has 0 bridgehead atoms. The van der Waals surface area contributed by atoms with E-state index in [0.717, 1.165) is 29.8 Å². The molecule has 0 saturated heterocycles. The number of likely N-dealkylation sites (N-methyl/N-ethyl adjacent to an activating group) is 1. The minimum atomic E-state index is -0.193. The van der Waals surface area contributed by atoms with E-state index in [1.165, 1.54) is 0 Å². The van der Waals surface area contributed by atoms with Crippen LogP contribution in [0.2, 0.25) is 0 Å². The van der Waals surface area contributed by atoms with Gasteiger partial charge in [0.25, 0.3) is 0 Å². The molecule has 118 valence electrons. The predicted octanol–water partition coefficient (Wildman–Crippen LogP) is 3.72. The second-order valence-corrected chi connectivity index (χ2v) is 5.43. The summed E-state index contributed by atoms with van der Waals surface area (Å²) in [7, 11) is 3.58. The quantitative estimate of drug-likeness (QED) is 0.752. The standard InChI is InChI=1S/C18H24FN3/c1-6-7-8-17(12(2)20-4)22-11-15-14(13(22)3)9-10-16(21-5)18(15)19/h6,9-10,17,20-21H,1-3,7-8,11H2,4-5H3. The van der Waals surface area contributed by atoms with Crippen molar-refractivity contribution in [1.29, 1.82) is 0 Å². The van der Waals surface area contributed by atoms with Crippen molar-refractivity contribution in [2.75, 3.05) is 19.4 Å². The molecule has 0 amide bonds. The van der Waals surface area contributed by atoms with Crippen LogP contribution in [0.4, 0.5) is 10.1 Å². The Labute approximate surface area is 132 Å². The van der Waals surface area contributed by atoms with E-state index < -0.39 is 0 Å². The van der Waals surface area contributed by atoms with E-state index in [-0.39, 0.29) is 11.9 Å². The number of nitrogens with zero attached hydrogens (tertiary/aromatic N) is 1. The Morgan fingerprint density at radius 2 is 2.18 bits per heavy atom. The summed E-state index contributed by atoms with van der Waals surface area (Å²) in [6.07, 6.45) is 3.63. The van der Waals surface area contributed by atoms with Gasteiger partial charge in [0.15, 0.2) is 5.82 Å². The average molecular weight is 301 g/mol. The molecule has 1 aromatic rings. The van der Waals surface area contributed by atoms with Gasteiger partial charge in [-0.2, -0.15) is 0 Å². The topological polar surface area (TPSA) is 27.3 Å². The highest BCUT2D eigenvalue weighted by Gasteiger charge is 2.32. The van der Waals surface area contributed by atoms with Gasteiger partial charge in [0.2, 0.25) is 0 Å². The molecule has 0 aliphatic carbocycles. The van der Waals surface area contributed by atoms with Gasteiger partial charge in [-0.25, -0.2) is 4.39 Å². The Kier molecular flexibility index (Phi) is 4.91. The summed E-state index contributed by atoms with van der Waals surface area (Å²) in [6, 6.07) is 3.76. The maximum atomic E-state index is 14.5. The molecule has 0 radical (unpaired) electrons. The lowest BCUT2D eigenvalue weighted by atomic mass is 10.1. The van der Waals surface area contributed by atoms with Gasteiger partial charge in [-0.05, 0) is 18.9 Å². The monoisotopic (exact) mass is 301 g/mol. The zero-order valence-corrected chi connectivity index (χ0v) is 13.4. The van der Waals surface area contributed by atoms with Crippen LogP contribution in [-0.4, -0.2) is 25.0 Å². The Morgan fingerprint density at radius 3 is 2.77 bits per heavy atom. The number of fused-ring (bicyclic) bond motifs is 1. The maximum absolute atomic E-state index is 14.5. The third-order valence-electron chi connectivity index (χ3n) is 4.24.